The van der Waals surface area contributed by atoms with Crippen molar-refractivity contribution in [1.29, 1.82) is 0 Å². The van der Waals surface area contributed by atoms with Crippen LogP contribution in [0.25, 0.3) is 0 Å². The van der Waals surface area contributed by atoms with Crippen molar-refractivity contribution >= 4 is 11.5 Å². The summed E-state index contributed by atoms with van der Waals surface area (Å²) in [5.41, 5.74) is 3.26. The Morgan fingerprint density at radius 3 is 2.56 bits per heavy atom. The van der Waals surface area contributed by atoms with Crippen molar-refractivity contribution in [2.24, 2.45) is 0 Å². The van der Waals surface area contributed by atoms with Gasteiger partial charge < -0.3 is 15.5 Å². The van der Waals surface area contributed by atoms with Crippen LogP contribution >= 0.6 is 0 Å². The van der Waals surface area contributed by atoms with Crippen LogP contribution in [0, 0.1) is 6.92 Å². The van der Waals surface area contributed by atoms with Crippen LogP contribution < -0.4 is 10.6 Å². The highest BCUT2D eigenvalue weighted by molar-refractivity contribution is 5.55. The Balaban J connectivity index is 1.22. The normalized spacial score (nSPS) is 19.4. The number of aromatic nitrogens is 2. The predicted octanol–water partition coefficient (Wildman–Crippen LogP) is 4.03. The molecule has 1 aliphatic carbocycles. The van der Waals surface area contributed by atoms with Crippen LogP contribution in [0.1, 0.15) is 49.8 Å². The molecule has 2 fully saturated rings. The first kappa shape index (κ1) is 18.4. The van der Waals surface area contributed by atoms with Crippen molar-refractivity contribution in [2.45, 2.75) is 64.1 Å². The molecule has 4 rings (SSSR count). The summed E-state index contributed by atoms with van der Waals surface area (Å²) in [4.78, 5) is 11.5. The van der Waals surface area contributed by atoms with Crippen molar-refractivity contribution < 1.29 is 0 Å². The van der Waals surface area contributed by atoms with E-state index >= 15 is 0 Å². The molecule has 3 heterocycles. The molecule has 0 radical (unpaired) electrons. The molecule has 1 aliphatic heterocycles. The number of hydrogen-bond donors (Lipinski definition) is 2. The topological polar surface area (TPSA) is 53.1 Å². The van der Waals surface area contributed by atoms with Crippen LogP contribution in [0.4, 0.5) is 11.5 Å². The number of rotatable bonds is 6. The lowest BCUT2D eigenvalue weighted by Gasteiger charge is -2.36. The summed E-state index contributed by atoms with van der Waals surface area (Å²) in [6.07, 6.45) is 12.0. The third-order valence-electron chi connectivity index (χ3n) is 5.96. The molecule has 144 valence electrons. The smallest absolute Gasteiger partial charge is 0.130 e. The molecule has 0 bridgehead atoms. The molecule has 0 amide bonds. The molecule has 27 heavy (non-hydrogen) atoms. The lowest BCUT2D eigenvalue weighted by Crippen LogP contribution is -2.45. The van der Waals surface area contributed by atoms with Crippen molar-refractivity contribution in [3.8, 4) is 0 Å². The summed E-state index contributed by atoms with van der Waals surface area (Å²) in [6, 6.07) is 9.70. The highest BCUT2D eigenvalue weighted by Gasteiger charge is 2.26. The van der Waals surface area contributed by atoms with E-state index < -0.39 is 0 Å². The van der Waals surface area contributed by atoms with E-state index in [0.29, 0.717) is 6.04 Å². The molecule has 2 aliphatic rings. The number of piperidine rings is 1. The Kier molecular flexibility index (Phi) is 6.00. The molecule has 0 aromatic carbocycles. The molecule has 5 heteroatoms. The first-order valence-electron chi connectivity index (χ1n) is 10.4. The SMILES string of the molecule is Cc1cc(Nc2ccc(CNC3CCN(C4CCCC4)CC3)cn2)ccn1. The van der Waals surface area contributed by atoms with Gasteiger partial charge in [-0.1, -0.05) is 18.9 Å². The predicted molar refractivity (Wildman–Crippen MR) is 110 cm³/mol. The summed E-state index contributed by atoms with van der Waals surface area (Å²) in [6.45, 7) is 5.41. The van der Waals surface area contributed by atoms with Gasteiger partial charge in [0.2, 0.25) is 0 Å². The van der Waals surface area contributed by atoms with Gasteiger partial charge in [-0.25, -0.2) is 4.98 Å². The van der Waals surface area contributed by atoms with E-state index in [0.717, 1.165) is 29.8 Å². The third-order valence-corrected chi connectivity index (χ3v) is 5.96. The number of nitrogens with zero attached hydrogens (tertiary/aromatic N) is 3. The number of aryl methyl sites for hydroxylation is 1. The van der Waals surface area contributed by atoms with E-state index in [1.165, 1.54) is 57.2 Å². The van der Waals surface area contributed by atoms with E-state index in [2.05, 4.69) is 37.6 Å². The molecular formula is C22H31N5. The maximum atomic E-state index is 4.55. The lowest BCUT2D eigenvalue weighted by molar-refractivity contribution is 0.144. The fourth-order valence-electron chi connectivity index (χ4n) is 4.37. The van der Waals surface area contributed by atoms with E-state index in [9.17, 15) is 0 Å². The van der Waals surface area contributed by atoms with E-state index in [-0.39, 0.29) is 0 Å². The standard InChI is InChI=1S/C22H31N5/c1-17-14-20(8-11-23-17)26-22-7-6-18(16-25-22)15-24-19-9-12-27(13-10-19)21-4-2-3-5-21/h6-8,11,14,16,19,21,24H,2-5,9-10,12-13,15H2,1H3,(H,23,25,26). The maximum Gasteiger partial charge on any atom is 0.130 e. The molecule has 1 saturated heterocycles. The second kappa shape index (κ2) is 8.81. The van der Waals surface area contributed by atoms with Crippen LogP contribution in [0.15, 0.2) is 36.7 Å². The molecular weight excluding hydrogens is 334 g/mol. The summed E-state index contributed by atoms with van der Waals surface area (Å²) >= 11 is 0. The van der Waals surface area contributed by atoms with Gasteiger partial charge in [-0.2, -0.15) is 0 Å². The van der Waals surface area contributed by atoms with E-state index in [1.807, 2.05) is 31.5 Å². The van der Waals surface area contributed by atoms with Gasteiger partial charge in [0.1, 0.15) is 5.82 Å². The van der Waals surface area contributed by atoms with Crippen molar-refractivity contribution in [3.05, 3.63) is 47.9 Å². The second-order valence-corrected chi connectivity index (χ2v) is 7.99. The highest BCUT2D eigenvalue weighted by atomic mass is 15.2. The Labute approximate surface area is 162 Å². The Hall–Kier alpha value is -1.98. The zero-order chi connectivity index (χ0) is 18.5. The highest BCUT2D eigenvalue weighted by Crippen LogP contribution is 2.26. The Morgan fingerprint density at radius 2 is 1.85 bits per heavy atom. The second-order valence-electron chi connectivity index (χ2n) is 7.99. The fourth-order valence-corrected chi connectivity index (χ4v) is 4.37. The summed E-state index contributed by atoms with van der Waals surface area (Å²) in [5.74, 6) is 0.870. The number of pyridine rings is 2. The average Bonchev–Trinajstić information content (AvgIpc) is 3.23. The number of anilines is 2. The summed E-state index contributed by atoms with van der Waals surface area (Å²) in [5, 5.41) is 7.06. The monoisotopic (exact) mass is 365 g/mol. The third kappa shape index (κ3) is 5.05. The minimum atomic E-state index is 0.639. The summed E-state index contributed by atoms with van der Waals surface area (Å²) < 4.78 is 0. The van der Waals surface area contributed by atoms with Gasteiger partial charge in [-0.3, -0.25) is 4.98 Å². The number of nitrogens with one attached hydrogen (secondary N) is 2. The van der Waals surface area contributed by atoms with Gasteiger partial charge in [-0.15, -0.1) is 0 Å². The van der Waals surface area contributed by atoms with Crippen LogP contribution in [0.3, 0.4) is 0 Å². The lowest BCUT2D eigenvalue weighted by atomic mass is 10.0. The first-order chi connectivity index (χ1) is 13.3. The summed E-state index contributed by atoms with van der Waals surface area (Å²) in [7, 11) is 0. The van der Waals surface area contributed by atoms with Crippen LogP contribution in [0.5, 0.6) is 0 Å². The van der Waals surface area contributed by atoms with Gasteiger partial charge in [0.25, 0.3) is 0 Å². The molecule has 2 aromatic rings. The quantitative estimate of drug-likeness (QED) is 0.810. The number of hydrogen-bond acceptors (Lipinski definition) is 5. The van der Waals surface area contributed by atoms with Gasteiger partial charge in [0, 0.05) is 42.4 Å². The van der Waals surface area contributed by atoms with Gasteiger partial charge in [0.05, 0.1) is 0 Å². The van der Waals surface area contributed by atoms with Crippen molar-refractivity contribution in [3.63, 3.8) is 0 Å². The molecule has 5 nitrogen and oxygen atoms in total. The van der Waals surface area contributed by atoms with Crippen LogP contribution in [0.2, 0.25) is 0 Å². The number of likely N-dealkylation sites (tertiary alicyclic amines) is 1. The van der Waals surface area contributed by atoms with E-state index in [4.69, 9.17) is 0 Å². The van der Waals surface area contributed by atoms with Gasteiger partial charge in [0.15, 0.2) is 0 Å². The minimum absolute atomic E-state index is 0.639. The van der Waals surface area contributed by atoms with E-state index in [1.54, 1.807) is 0 Å². The molecule has 0 spiro atoms. The van der Waals surface area contributed by atoms with Gasteiger partial charge >= 0.3 is 0 Å². The molecule has 2 N–H and O–H groups in total. The zero-order valence-electron chi connectivity index (χ0n) is 16.3. The van der Waals surface area contributed by atoms with Crippen molar-refractivity contribution in [2.75, 3.05) is 18.4 Å². The first-order valence-corrected chi connectivity index (χ1v) is 10.4. The minimum Gasteiger partial charge on any atom is -0.340 e. The van der Waals surface area contributed by atoms with Gasteiger partial charge in [-0.05, 0) is 69.5 Å². The molecule has 1 saturated carbocycles. The molecule has 2 aromatic heterocycles. The van der Waals surface area contributed by atoms with Crippen LogP contribution in [-0.4, -0.2) is 40.0 Å². The largest absolute Gasteiger partial charge is 0.340 e. The molecule has 0 unspecified atom stereocenters. The van der Waals surface area contributed by atoms with Crippen LogP contribution in [-0.2, 0) is 6.54 Å². The Bertz CT molecular complexity index is 716. The Morgan fingerprint density at radius 1 is 1.04 bits per heavy atom. The van der Waals surface area contributed by atoms with Crippen molar-refractivity contribution in [1.82, 2.24) is 20.2 Å². The molecule has 0 atom stereocenters. The maximum absolute atomic E-state index is 4.55. The zero-order valence-corrected chi connectivity index (χ0v) is 16.3. The average molecular weight is 366 g/mol. The fraction of sp³-hybridized carbons (Fsp3) is 0.545.